The normalized spacial score (nSPS) is 11.8. The molecule has 5 heteroatoms. The highest BCUT2D eigenvalue weighted by atomic mass is 35.5. The van der Waals surface area contributed by atoms with Gasteiger partial charge in [-0.15, -0.1) is 0 Å². The van der Waals surface area contributed by atoms with Crippen molar-refractivity contribution in [3.63, 3.8) is 0 Å². The summed E-state index contributed by atoms with van der Waals surface area (Å²) in [5.74, 6) is 0.688. The number of fused-ring (bicyclic) bond motifs is 1. The summed E-state index contributed by atoms with van der Waals surface area (Å²) in [6.45, 7) is 0. The van der Waals surface area contributed by atoms with Crippen LogP contribution < -0.4 is 0 Å². The number of imidazole rings is 1. The van der Waals surface area contributed by atoms with Crippen LogP contribution in [0.5, 0.6) is 5.75 Å². The predicted octanol–water partition coefficient (Wildman–Crippen LogP) is 6.16. The van der Waals surface area contributed by atoms with E-state index in [0.29, 0.717) is 16.4 Å². The lowest BCUT2D eigenvalue weighted by atomic mass is 10.0. The van der Waals surface area contributed by atoms with Crippen molar-refractivity contribution in [3.8, 4) is 5.75 Å². The number of benzene rings is 3. The van der Waals surface area contributed by atoms with Crippen LogP contribution in [0.15, 0.2) is 66.7 Å². The maximum atomic E-state index is 10.3. The lowest BCUT2D eigenvalue weighted by Crippen LogP contribution is -1.91. The number of H-pyrrole nitrogens is 1. The first-order chi connectivity index (χ1) is 12.6. The minimum Gasteiger partial charge on any atom is -0.506 e. The molecule has 0 atom stereocenters. The topological polar surface area (TPSA) is 48.9 Å². The maximum absolute atomic E-state index is 10.3. The van der Waals surface area contributed by atoms with Crippen LogP contribution in [0.2, 0.25) is 10.0 Å². The van der Waals surface area contributed by atoms with Gasteiger partial charge in [-0.2, -0.15) is 0 Å². The van der Waals surface area contributed by atoms with Crippen molar-refractivity contribution >= 4 is 45.9 Å². The summed E-state index contributed by atoms with van der Waals surface area (Å²) < 4.78 is 0. The van der Waals surface area contributed by atoms with Crippen LogP contribution >= 0.6 is 23.2 Å². The fourth-order valence-electron chi connectivity index (χ4n) is 2.84. The fraction of sp³-hybridized carbons (Fsp3) is 0. The smallest absolute Gasteiger partial charge is 0.141 e. The molecule has 0 radical (unpaired) electrons. The second-order valence-electron chi connectivity index (χ2n) is 5.85. The van der Waals surface area contributed by atoms with Crippen molar-refractivity contribution in [2.45, 2.75) is 0 Å². The summed E-state index contributed by atoms with van der Waals surface area (Å²) in [5, 5.41) is 11.0. The Hall–Kier alpha value is -2.75. The van der Waals surface area contributed by atoms with Crippen molar-refractivity contribution in [3.05, 3.63) is 93.7 Å². The number of nitrogens with zero attached hydrogens (tertiary/aromatic N) is 1. The number of nitrogens with one attached hydrogen (secondary N) is 1. The SMILES string of the molecule is Oc1c(Cl)cc(Cl)cc1/C=C(\c1ccccc1)c1nc2ccccc2[nH]1. The van der Waals surface area contributed by atoms with Crippen LogP contribution in [0.25, 0.3) is 22.7 Å². The monoisotopic (exact) mass is 380 g/mol. The molecule has 2 N–H and O–H groups in total. The molecule has 4 rings (SSSR count). The largest absolute Gasteiger partial charge is 0.506 e. The molecule has 0 bridgehead atoms. The van der Waals surface area contributed by atoms with E-state index >= 15 is 0 Å². The summed E-state index contributed by atoms with van der Waals surface area (Å²) in [6.07, 6.45) is 1.83. The Balaban J connectivity index is 1.95. The van der Waals surface area contributed by atoms with Crippen LogP contribution in [0.3, 0.4) is 0 Å². The Morgan fingerprint density at radius 2 is 1.69 bits per heavy atom. The first-order valence-corrected chi connectivity index (χ1v) is 8.77. The van der Waals surface area contributed by atoms with Gasteiger partial charge in [0.25, 0.3) is 0 Å². The molecule has 26 heavy (non-hydrogen) atoms. The molecule has 3 nitrogen and oxygen atoms in total. The van der Waals surface area contributed by atoms with Gasteiger partial charge in [0.05, 0.1) is 16.1 Å². The summed E-state index contributed by atoms with van der Waals surface area (Å²) in [5.41, 5.74) is 4.13. The molecular weight excluding hydrogens is 367 g/mol. The molecule has 0 fully saturated rings. The van der Waals surface area contributed by atoms with E-state index in [4.69, 9.17) is 23.2 Å². The molecule has 0 aliphatic rings. The first-order valence-electron chi connectivity index (χ1n) is 8.02. The number of phenolic OH excluding ortho intramolecular Hbond substituents is 1. The van der Waals surface area contributed by atoms with E-state index < -0.39 is 0 Å². The average Bonchev–Trinajstić information content (AvgIpc) is 3.08. The second-order valence-corrected chi connectivity index (χ2v) is 6.70. The highest BCUT2D eigenvalue weighted by Gasteiger charge is 2.13. The first kappa shape index (κ1) is 16.7. The molecule has 128 valence electrons. The quantitative estimate of drug-likeness (QED) is 0.417. The Kier molecular flexibility index (Phi) is 4.41. The number of phenols is 1. The summed E-state index contributed by atoms with van der Waals surface area (Å²) in [7, 11) is 0. The van der Waals surface area contributed by atoms with Crippen LogP contribution in [-0.4, -0.2) is 15.1 Å². The molecule has 0 aliphatic heterocycles. The van der Waals surface area contributed by atoms with Gasteiger partial charge in [-0.3, -0.25) is 0 Å². The second kappa shape index (κ2) is 6.87. The number of aromatic hydroxyl groups is 1. The van der Waals surface area contributed by atoms with Crippen LogP contribution in [0, 0.1) is 0 Å². The Morgan fingerprint density at radius 1 is 0.962 bits per heavy atom. The van der Waals surface area contributed by atoms with Gasteiger partial charge in [0.15, 0.2) is 0 Å². The number of halogens is 2. The van der Waals surface area contributed by atoms with Crippen molar-refractivity contribution in [2.24, 2.45) is 0 Å². The predicted molar refractivity (Wildman–Crippen MR) is 108 cm³/mol. The van der Waals surface area contributed by atoms with Gasteiger partial charge in [-0.05, 0) is 35.9 Å². The minimum atomic E-state index is -0.0133. The highest BCUT2D eigenvalue weighted by Crippen LogP contribution is 2.35. The van der Waals surface area contributed by atoms with Gasteiger partial charge in [0, 0.05) is 16.2 Å². The summed E-state index contributed by atoms with van der Waals surface area (Å²) in [4.78, 5) is 8.02. The highest BCUT2D eigenvalue weighted by molar-refractivity contribution is 6.36. The van der Waals surface area contributed by atoms with Gasteiger partial charge in [0.1, 0.15) is 11.6 Å². The van der Waals surface area contributed by atoms with Gasteiger partial charge in [0.2, 0.25) is 0 Å². The minimum absolute atomic E-state index is 0.0133. The molecule has 0 unspecified atom stereocenters. The van der Waals surface area contributed by atoms with E-state index in [2.05, 4.69) is 9.97 Å². The van der Waals surface area contributed by atoms with E-state index in [1.54, 1.807) is 6.07 Å². The molecule has 0 saturated heterocycles. The molecule has 0 saturated carbocycles. The number of para-hydroxylation sites is 2. The Bertz CT molecular complexity index is 1080. The van der Waals surface area contributed by atoms with E-state index in [1.807, 2.05) is 60.7 Å². The number of aromatic amines is 1. The third-order valence-corrected chi connectivity index (χ3v) is 4.59. The van der Waals surface area contributed by atoms with Gasteiger partial charge >= 0.3 is 0 Å². The zero-order valence-corrected chi connectivity index (χ0v) is 15.1. The third-order valence-electron chi connectivity index (χ3n) is 4.09. The van der Waals surface area contributed by atoms with E-state index in [9.17, 15) is 5.11 Å². The van der Waals surface area contributed by atoms with Gasteiger partial charge in [-0.1, -0.05) is 65.7 Å². The fourth-order valence-corrected chi connectivity index (χ4v) is 3.35. The lowest BCUT2D eigenvalue weighted by molar-refractivity contribution is 0.474. The zero-order chi connectivity index (χ0) is 18.1. The number of aromatic nitrogens is 2. The van der Waals surface area contributed by atoms with E-state index in [0.717, 1.165) is 22.2 Å². The number of hydrogen-bond donors (Lipinski definition) is 2. The average molecular weight is 381 g/mol. The number of hydrogen-bond acceptors (Lipinski definition) is 2. The van der Waals surface area contributed by atoms with E-state index in [-0.39, 0.29) is 10.8 Å². The Morgan fingerprint density at radius 3 is 2.46 bits per heavy atom. The van der Waals surface area contributed by atoms with Gasteiger partial charge in [-0.25, -0.2) is 4.98 Å². The van der Waals surface area contributed by atoms with Crippen LogP contribution in [0.4, 0.5) is 0 Å². The lowest BCUT2D eigenvalue weighted by Gasteiger charge is -2.08. The molecular formula is C21H14Cl2N2O. The molecule has 0 amide bonds. The third kappa shape index (κ3) is 3.19. The maximum Gasteiger partial charge on any atom is 0.141 e. The molecule has 0 aliphatic carbocycles. The standard InChI is InChI=1S/C21H14Cl2N2O/c22-15-10-14(20(26)17(23)12-15)11-16(13-6-2-1-3-7-13)21-24-18-8-4-5-9-19(18)25-21/h1-12,26H,(H,24,25)/b16-11+. The van der Waals surface area contributed by atoms with Crippen molar-refractivity contribution in [2.75, 3.05) is 0 Å². The molecule has 1 aromatic heterocycles. The van der Waals surface area contributed by atoms with Crippen molar-refractivity contribution in [1.82, 2.24) is 9.97 Å². The van der Waals surface area contributed by atoms with E-state index in [1.165, 1.54) is 6.07 Å². The Labute approximate surface area is 160 Å². The summed E-state index contributed by atoms with van der Waals surface area (Å²) >= 11 is 12.2. The van der Waals surface area contributed by atoms with Gasteiger partial charge < -0.3 is 10.1 Å². The molecule has 1 heterocycles. The van der Waals surface area contributed by atoms with Crippen LogP contribution in [0.1, 0.15) is 17.0 Å². The van der Waals surface area contributed by atoms with Crippen LogP contribution in [-0.2, 0) is 0 Å². The van der Waals surface area contributed by atoms with Crippen molar-refractivity contribution < 1.29 is 5.11 Å². The summed E-state index contributed by atoms with van der Waals surface area (Å²) in [6, 6.07) is 20.9. The molecule has 0 spiro atoms. The number of rotatable bonds is 3. The molecule has 4 aromatic rings. The van der Waals surface area contributed by atoms with Crippen molar-refractivity contribution in [1.29, 1.82) is 0 Å². The zero-order valence-electron chi connectivity index (χ0n) is 13.6. The molecule has 3 aromatic carbocycles.